The van der Waals surface area contributed by atoms with E-state index in [4.69, 9.17) is 14.2 Å². The number of rotatable bonds is 7. The van der Waals surface area contributed by atoms with E-state index in [2.05, 4.69) is 10.6 Å². The van der Waals surface area contributed by atoms with Gasteiger partial charge in [0, 0.05) is 18.6 Å². The first-order chi connectivity index (χ1) is 10.6. The molecule has 1 radical (unpaired) electrons. The topological polar surface area (TPSA) is 85.9 Å². The standard InChI is InChI=1S/C15H20N2O5.V/c1-16-13(14(18)20-2)7-10-3-5-11(6-4-10)21-9-12-8-17-15(19)22-12;/h3-6,12-13,16H,7-9H2,1-2H3,(H,17,19);. The Balaban J connectivity index is 0.00000264. The van der Waals surface area contributed by atoms with Gasteiger partial charge >= 0.3 is 12.1 Å². The summed E-state index contributed by atoms with van der Waals surface area (Å²) in [6.07, 6.45) is -0.141. The van der Waals surface area contributed by atoms with E-state index >= 15 is 0 Å². The number of hydrogen-bond donors (Lipinski definition) is 2. The Morgan fingerprint density at radius 3 is 2.65 bits per heavy atom. The molecule has 2 unspecified atom stereocenters. The molecular weight excluding hydrogens is 339 g/mol. The zero-order chi connectivity index (χ0) is 15.9. The monoisotopic (exact) mass is 359 g/mol. The second kappa shape index (κ2) is 9.44. The van der Waals surface area contributed by atoms with Crippen molar-refractivity contribution in [3.63, 3.8) is 0 Å². The SMILES string of the molecule is CNC(Cc1ccc(OCC2CNC(=O)O2)cc1)C(=O)OC.[V]. The summed E-state index contributed by atoms with van der Waals surface area (Å²) in [4.78, 5) is 22.4. The number of cyclic esters (lactones) is 1. The van der Waals surface area contributed by atoms with Crippen molar-refractivity contribution in [1.29, 1.82) is 0 Å². The van der Waals surface area contributed by atoms with E-state index in [1.165, 1.54) is 7.11 Å². The molecule has 125 valence electrons. The van der Waals surface area contributed by atoms with E-state index in [0.29, 0.717) is 25.3 Å². The maximum Gasteiger partial charge on any atom is 0.407 e. The minimum atomic E-state index is -0.412. The minimum absolute atomic E-state index is 0. The van der Waals surface area contributed by atoms with Gasteiger partial charge in [-0.05, 0) is 31.2 Å². The van der Waals surface area contributed by atoms with Gasteiger partial charge in [0.2, 0.25) is 0 Å². The van der Waals surface area contributed by atoms with Crippen molar-refractivity contribution in [3.05, 3.63) is 29.8 Å². The Bertz CT molecular complexity index is 523. The molecule has 1 fully saturated rings. The number of esters is 1. The van der Waals surface area contributed by atoms with Crippen molar-refractivity contribution < 1.29 is 42.4 Å². The van der Waals surface area contributed by atoms with Gasteiger partial charge in [0.15, 0.2) is 6.10 Å². The Morgan fingerprint density at radius 1 is 1.43 bits per heavy atom. The number of benzene rings is 1. The van der Waals surface area contributed by atoms with Crippen molar-refractivity contribution in [2.45, 2.75) is 18.6 Å². The van der Waals surface area contributed by atoms with E-state index in [9.17, 15) is 9.59 Å². The summed E-state index contributed by atoms with van der Waals surface area (Å²) >= 11 is 0. The van der Waals surface area contributed by atoms with E-state index < -0.39 is 6.09 Å². The maximum absolute atomic E-state index is 11.5. The second-order valence-corrected chi connectivity index (χ2v) is 4.93. The van der Waals surface area contributed by atoms with Crippen LogP contribution in [0.4, 0.5) is 4.79 Å². The van der Waals surface area contributed by atoms with Crippen molar-refractivity contribution >= 4 is 12.1 Å². The molecule has 0 saturated carbocycles. The van der Waals surface area contributed by atoms with E-state index in [-0.39, 0.29) is 36.7 Å². The zero-order valence-corrected chi connectivity index (χ0v) is 14.5. The minimum Gasteiger partial charge on any atom is -0.490 e. The normalized spacial score (nSPS) is 17.5. The molecule has 0 aliphatic carbocycles. The van der Waals surface area contributed by atoms with Crippen LogP contribution in [0.3, 0.4) is 0 Å². The number of carbonyl (C=O) groups is 2. The number of ether oxygens (including phenoxy) is 3. The van der Waals surface area contributed by atoms with Gasteiger partial charge in [-0.15, -0.1) is 0 Å². The van der Waals surface area contributed by atoms with Gasteiger partial charge in [0.05, 0.1) is 13.7 Å². The van der Waals surface area contributed by atoms with Crippen LogP contribution in [-0.4, -0.2) is 51.5 Å². The molecule has 2 N–H and O–H groups in total. The van der Waals surface area contributed by atoms with E-state index in [1.54, 1.807) is 7.05 Å². The number of carbonyl (C=O) groups excluding carboxylic acids is 2. The summed E-state index contributed by atoms with van der Waals surface area (Å²) in [7, 11) is 3.09. The van der Waals surface area contributed by atoms with Crippen molar-refractivity contribution in [2.75, 3.05) is 27.3 Å². The average molecular weight is 359 g/mol. The fraction of sp³-hybridized carbons (Fsp3) is 0.467. The zero-order valence-electron chi connectivity index (χ0n) is 13.1. The smallest absolute Gasteiger partial charge is 0.407 e. The Labute approximate surface area is 146 Å². The Kier molecular flexibility index (Phi) is 7.95. The molecule has 1 aliphatic heterocycles. The predicted molar refractivity (Wildman–Crippen MR) is 78.8 cm³/mol. The molecule has 2 atom stereocenters. The number of alkyl carbamates (subject to hydrolysis) is 1. The van der Waals surface area contributed by atoms with E-state index in [1.807, 2.05) is 24.3 Å². The molecule has 2 rings (SSSR count). The predicted octanol–water partition coefficient (Wildman–Crippen LogP) is 0.475. The molecule has 0 aromatic heterocycles. The summed E-state index contributed by atoms with van der Waals surface area (Å²) in [5, 5.41) is 5.49. The summed E-state index contributed by atoms with van der Waals surface area (Å²) in [6, 6.07) is 7.05. The first-order valence-corrected chi connectivity index (χ1v) is 7.03. The van der Waals surface area contributed by atoms with Crippen molar-refractivity contribution in [1.82, 2.24) is 10.6 Å². The van der Waals surface area contributed by atoms with Gasteiger partial charge in [0.25, 0.3) is 0 Å². The van der Waals surface area contributed by atoms with Gasteiger partial charge in [-0.3, -0.25) is 4.79 Å². The molecule has 1 aromatic carbocycles. The summed E-state index contributed by atoms with van der Waals surface area (Å²) in [6.45, 7) is 0.763. The molecule has 7 nitrogen and oxygen atoms in total. The number of likely N-dealkylation sites (N-methyl/N-ethyl adjacent to an activating group) is 1. The summed E-state index contributed by atoms with van der Waals surface area (Å²) < 4.78 is 15.3. The van der Waals surface area contributed by atoms with Crippen LogP contribution in [0.15, 0.2) is 24.3 Å². The molecular formula is C15H20N2O5V. The Morgan fingerprint density at radius 2 is 2.13 bits per heavy atom. The quantitative estimate of drug-likeness (QED) is 0.689. The molecule has 1 heterocycles. The van der Waals surface area contributed by atoms with Crippen LogP contribution in [0.2, 0.25) is 0 Å². The third-order valence-electron chi connectivity index (χ3n) is 3.38. The van der Waals surface area contributed by atoms with Gasteiger partial charge in [-0.1, -0.05) is 12.1 Å². The molecule has 0 bridgehead atoms. The van der Waals surface area contributed by atoms with Crippen LogP contribution in [0.1, 0.15) is 5.56 Å². The van der Waals surface area contributed by atoms with Crippen LogP contribution in [0.5, 0.6) is 5.75 Å². The number of hydrogen-bond acceptors (Lipinski definition) is 6. The molecule has 0 spiro atoms. The first kappa shape index (κ1) is 19.4. The van der Waals surface area contributed by atoms with Crippen LogP contribution >= 0.6 is 0 Å². The van der Waals surface area contributed by atoms with Crippen LogP contribution in [-0.2, 0) is 39.2 Å². The maximum atomic E-state index is 11.5. The van der Waals surface area contributed by atoms with Gasteiger partial charge < -0.3 is 24.8 Å². The fourth-order valence-electron chi connectivity index (χ4n) is 2.12. The number of nitrogens with one attached hydrogen (secondary N) is 2. The summed E-state index contributed by atoms with van der Waals surface area (Å²) in [5.41, 5.74) is 0.992. The molecule has 1 aliphatic rings. The number of methoxy groups -OCH3 is 1. The van der Waals surface area contributed by atoms with Crippen LogP contribution in [0, 0.1) is 0 Å². The molecule has 23 heavy (non-hydrogen) atoms. The average Bonchev–Trinajstić information content (AvgIpc) is 2.96. The second-order valence-electron chi connectivity index (χ2n) is 4.93. The molecule has 1 saturated heterocycles. The first-order valence-electron chi connectivity index (χ1n) is 7.03. The van der Waals surface area contributed by atoms with Crippen molar-refractivity contribution in [2.24, 2.45) is 0 Å². The third kappa shape index (κ3) is 5.78. The van der Waals surface area contributed by atoms with Gasteiger partial charge in [-0.2, -0.15) is 0 Å². The Hall–Kier alpha value is -1.70. The van der Waals surface area contributed by atoms with E-state index in [0.717, 1.165) is 5.56 Å². The van der Waals surface area contributed by atoms with Gasteiger partial charge in [0.1, 0.15) is 18.4 Å². The molecule has 1 aromatic rings. The van der Waals surface area contributed by atoms with Crippen LogP contribution < -0.4 is 15.4 Å². The molecule has 1 amide bonds. The van der Waals surface area contributed by atoms with Crippen molar-refractivity contribution in [3.8, 4) is 5.75 Å². The molecule has 8 heteroatoms. The number of amides is 1. The van der Waals surface area contributed by atoms with Gasteiger partial charge in [-0.25, -0.2) is 4.79 Å². The fourth-order valence-corrected chi connectivity index (χ4v) is 2.12. The largest absolute Gasteiger partial charge is 0.490 e. The van der Waals surface area contributed by atoms with Crippen LogP contribution in [0.25, 0.3) is 0 Å². The summed E-state index contributed by atoms with van der Waals surface area (Å²) in [5.74, 6) is 0.393. The third-order valence-corrected chi connectivity index (χ3v) is 3.38.